The van der Waals surface area contributed by atoms with Gasteiger partial charge < -0.3 is 15.5 Å². The molecule has 0 aliphatic carbocycles. The van der Waals surface area contributed by atoms with Crippen molar-refractivity contribution in [3.63, 3.8) is 0 Å². The number of nitrogens with zero attached hydrogens (tertiary/aromatic N) is 1. The topological polar surface area (TPSA) is 95.6 Å². The lowest BCUT2D eigenvalue weighted by Crippen LogP contribution is -2.55. The number of hydrogen-bond acceptors (Lipinski definition) is 5. The van der Waals surface area contributed by atoms with Gasteiger partial charge in [0.2, 0.25) is 11.8 Å². The first-order chi connectivity index (χ1) is 12.3. The SMILES string of the molecule is CS(=O)(=O)c1ccc(NC2CCCN([C@H]3CCNC(=O)C3)C2=O)c(F)c1.Cl. The second kappa shape index (κ2) is 8.43. The van der Waals surface area contributed by atoms with Crippen LogP contribution in [-0.2, 0) is 19.4 Å². The zero-order valence-electron chi connectivity index (χ0n) is 14.9. The Bertz CT molecular complexity index is 833. The number of rotatable bonds is 4. The van der Waals surface area contributed by atoms with Gasteiger partial charge in [-0.2, -0.15) is 0 Å². The van der Waals surface area contributed by atoms with Crippen LogP contribution in [0.15, 0.2) is 23.1 Å². The third-order valence-electron chi connectivity index (χ3n) is 4.83. The molecule has 2 aliphatic heterocycles. The van der Waals surface area contributed by atoms with Crippen molar-refractivity contribution in [2.24, 2.45) is 0 Å². The number of hydrogen-bond donors (Lipinski definition) is 2. The van der Waals surface area contributed by atoms with Crippen LogP contribution in [0.4, 0.5) is 10.1 Å². The van der Waals surface area contributed by atoms with Gasteiger partial charge in [-0.05, 0) is 37.5 Å². The number of nitrogens with one attached hydrogen (secondary N) is 2. The highest BCUT2D eigenvalue weighted by Crippen LogP contribution is 2.25. The molecular formula is C17H23ClFN3O4S. The lowest BCUT2D eigenvalue weighted by Gasteiger charge is -2.39. The standard InChI is InChI=1S/C17H22FN3O4S.ClH/c1-26(24,25)12-4-5-14(13(18)10-12)20-15-3-2-8-21(17(15)23)11-6-7-19-16(22)9-11;/h4-5,10-11,15,20H,2-3,6-9H2,1H3,(H,19,22);1H/t11-,15?;/m0./s1. The molecule has 2 amide bonds. The summed E-state index contributed by atoms with van der Waals surface area (Å²) in [5.74, 6) is -0.927. The molecule has 0 saturated carbocycles. The third kappa shape index (κ3) is 4.90. The van der Waals surface area contributed by atoms with Gasteiger partial charge in [0, 0.05) is 31.8 Å². The fraction of sp³-hybridized carbons (Fsp3) is 0.529. The Morgan fingerprint density at radius 1 is 1.26 bits per heavy atom. The molecule has 2 aliphatic rings. The molecular weight excluding hydrogens is 397 g/mol. The van der Waals surface area contributed by atoms with Crippen LogP contribution in [0.3, 0.4) is 0 Å². The van der Waals surface area contributed by atoms with Gasteiger partial charge in [-0.15, -0.1) is 12.4 Å². The van der Waals surface area contributed by atoms with E-state index < -0.39 is 21.7 Å². The van der Waals surface area contributed by atoms with Gasteiger partial charge in [0.1, 0.15) is 11.9 Å². The summed E-state index contributed by atoms with van der Waals surface area (Å²) in [6.07, 6.45) is 3.32. The number of benzene rings is 1. The smallest absolute Gasteiger partial charge is 0.245 e. The maximum Gasteiger partial charge on any atom is 0.245 e. The van der Waals surface area contributed by atoms with Crippen LogP contribution in [0.25, 0.3) is 0 Å². The molecule has 1 aromatic rings. The van der Waals surface area contributed by atoms with Crippen molar-refractivity contribution in [3.8, 4) is 0 Å². The maximum absolute atomic E-state index is 14.3. The second-order valence-corrected chi connectivity index (χ2v) is 8.80. The number of carbonyl (C=O) groups is 2. The number of piperidine rings is 2. The van der Waals surface area contributed by atoms with E-state index in [2.05, 4.69) is 10.6 Å². The van der Waals surface area contributed by atoms with Crippen molar-refractivity contribution in [2.45, 2.75) is 42.7 Å². The Hall–Kier alpha value is -1.87. The van der Waals surface area contributed by atoms with Gasteiger partial charge >= 0.3 is 0 Å². The van der Waals surface area contributed by atoms with Crippen LogP contribution in [0, 0.1) is 5.82 Å². The summed E-state index contributed by atoms with van der Waals surface area (Å²) in [7, 11) is -3.50. The summed E-state index contributed by atoms with van der Waals surface area (Å²) >= 11 is 0. The number of amides is 2. The average molecular weight is 420 g/mol. The van der Waals surface area contributed by atoms with E-state index in [-0.39, 0.29) is 47.3 Å². The quantitative estimate of drug-likeness (QED) is 0.767. The van der Waals surface area contributed by atoms with E-state index >= 15 is 0 Å². The summed E-state index contributed by atoms with van der Waals surface area (Å²) in [5, 5.41) is 5.65. The highest BCUT2D eigenvalue weighted by molar-refractivity contribution is 7.90. The van der Waals surface area contributed by atoms with Crippen molar-refractivity contribution in [3.05, 3.63) is 24.0 Å². The van der Waals surface area contributed by atoms with E-state index in [1.165, 1.54) is 12.1 Å². The zero-order valence-corrected chi connectivity index (χ0v) is 16.5. The molecule has 0 radical (unpaired) electrons. The van der Waals surface area contributed by atoms with Crippen LogP contribution >= 0.6 is 12.4 Å². The summed E-state index contributed by atoms with van der Waals surface area (Å²) in [5.41, 5.74) is 0.0963. The summed E-state index contributed by atoms with van der Waals surface area (Å²) < 4.78 is 37.3. The number of anilines is 1. The molecule has 0 spiro atoms. The van der Waals surface area contributed by atoms with Gasteiger partial charge in [-0.3, -0.25) is 9.59 Å². The van der Waals surface area contributed by atoms with E-state index in [0.29, 0.717) is 25.9 Å². The summed E-state index contributed by atoms with van der Waals surface area (Å²) in [6, 6.07) is 2.89. The van der Waals surface area contributed by atoms with Crippen LogP contribution < -0.4 is 10.6 Å². The number of halogens is 2. The summed E-state index contributed by atoms with van der Waals surface area (Å²) in [6.45, 7) is 1.14. The molecule has 10 heteroatoms. The van der Waals surface area contributed by atoms with Crippen LogP contribution in [0.1, 0.15) is 25.7 Å². The fourth-order valence-corrected chi connectivity index (χ4v) is 4.09. The molecule has 2 fully saturated rings. The Morgan fingerprint density at radius 3 is 2.63 bits per heavy atom. The Kier molecular flexibility index (Phi) is 6.69. The van der Waals surface area contributed by atoms with Gasteiger partial charge in [0.05, 0.1) is 10.6 Å². The predicted molar refractivity (Wildman–Crippen MR) is 101 cm³/mol. The normalized spacial score (nSPS) is 23.4. The van der Waals surface area contributed by atoms with Crippen LogP contribution in [0.5, 0.6) is 0 Å². The molecule has 0 aromatic heterocycles. The highest BCUT2D eigenvalue weighted by atomic mass is 35.5. The number of carbonyl (C=O) groups excluding carboxylic acids is 2. The minimum absolute atomic E-state index is 0. The molecule has 2 saturated heterocycles. The third-order valence-corrected chi connectivity index (χ3v) is 5.94. The lowest BCUT2D eigenvalue weighted by atomic mass is 9.97. The first kappa shape index (κ1) is 21.4. The minimum atomic E-state index is -3.50. The number of sulfone groups is 1. The molecule has 2 atom stereocenters. The first-order valence-corrected chi connectivity index (χ1v) is 10.5. The fourth-order valence-electron chi connectivity index (χ4n) is 3.46. The zero-order chi connectivity index (χ0) is 18.9. The molecule has 1 aromatic carbocycles. The Labute approximate surface area is 164 Å². The molecule has 150 valence electrons. The Balaban J connectivity index is 0.00000261. The van der Waals surface area contributed by atoms with Crippen molar-refractivity contribution < 1.29 is 22.4 Å². The van der Waals surface area contributed by atoms with E-state index in [4.69, 9.17) is 0 Å². The molecule has 2 N–H and O–H groups in total. The highest BCUT2D eigenvalue weighted by Gasteiger charge is 2.35. The average Bonchev–Trinajstić information content (AvgIpc) is 2.57. The van der Waals surface area contributed by atoms with Gasteiger partial charge in [0.25, 0.3) is 0 Å². The molecule has 7 nitrogen and oxygen atoms in total. The molecule has 3 rings (SSSR count). The lowest BCUT2D eigenvalue weighted by molar-refractivity contribution is -0.139. The van der Waals surface area contributed by atoms with E-state index in [1.54, 1.807) is 4.90 Å². The first-order valence-electron chi connectivity index (χ1n) is 8.59. The van der Waals surface area contributed by atoms with Gasteiger partial charge in [0.15, 0.2) is 9.84 Å². The van der Waals surface area contributed by atoms with E-state index in [1.807, 2.05) is 0 Å². The summed E-state index contributed by atoms with van der Waals surface area (Å²) in [4.78, 5) is 26.0. The van der Waals surface area contributed by atoms with E-state index in [0.717, 1.165) is 18.7 Å². The second-order valence-electron chi connectivity index (χ2n) is 6.78. The molecule has 27 heavy (non-hydrogen) atoms. The van der Waals surface area contributed by atoms with Crippen molar-refractivity contribution in [1.82, 2.24) is 10.2 Å². The predicted octanol–water partition coefficient (Wildman–Crippen LogP) is 1.33. The van der Waals surface area contributed by atoms with Crippen molar-refractivity contribution in [2.75, 3.05) is 24.7 Å². The van der Waals surface area contributed by atoms with E-state index in [9.17, 15) is 22.4 Å². The monoisotopic (exact) mass is 419 g/mol. The molecule has 0 bridgehead atoms. The van der Waals surface area contributed by atoms with Gasteiger partial charge in [-0.25, -0.2) is 12.8 Å². The van der Waals surface area contributed by atoms with Crippen LogP contribution in [-0.4, -0.2) is 56.6 Å². The van der Waals surface area contributed by atoms with Crippen molar-refractivity contribution in [1.29, 1.82) is 0 Å². The van der Waals surface area contributed by atoms with Crippen molar-refractivity contribution >= 4 is 39.7 Å². The minimum Gasteiger partial charge on any atom is -0.371 e. The Morgan fingerprint density at radius 2 is 2.00 bits per heavy atom. The number of likely N-dealkylation sites (tertiary alicyclic amines) is 1. The molecule has 2 heterocycles. The molecule has 1 unspecified atom stereocenters. The van der Waals surface area contributed by atoms with Gasteiger partial charge in [-0.1, -0.05) is 0 Å². The maximum atomic E-state index is 14.3. The largest absolute Gasteiger partial charge is 0.371 e. The van der Waals surface area contributed by atoms with Crippen LogP contribution in [0.2, 0.25) is 0 Å².